The number of nitrogens with zero attached hydrogens (tertiary/aromatic N) is 2. The van der Waals surface area contributed by atoms with Gasteiger partial charge in [0.05, 0.1) is 27.2 Å². The second-order valence-electron chi connectivity index (χ2n) is 10.9. The Morgan fingerprint density at radius 1 is 0.952 bits per heavy atom. The lowest BCUT2D eigenvalue weighted by molar-refractivity contribution is -0.140. The molecule has 1 unspecified atom stereocenters. The number of halogens is 2. The third-order valence-corrected chi connectivity index (χ3v) is 8.85. The minimum absolute atomic E-state index is 0.00382. The Labute approximate surface area is 258 Å². The number of rotatable bonds is 11. The summed E-state index contributed by atoms with van der Waals surface area (Å²) < 4.78 is 34.5. The molecule has 0 saturated carbocycles. The SMILES string of the molecule is CCOc1ccc(N(CC(=O)N(Cc2ccc(Cl)c(Cl)c2)C(C)C(=O)NC(C)(C)C)S(=O)(=O)c2ccc(C)cc2)cc1. The molecule has 0 bridgehead atoms. The summed E-state index contributed by atoms with van der Waals surface area (Å²) in [4.78, 5) is 28.6. The Morgan fingerprint density at radius 3 is 2.12 bits per heavy atom. The monoisotopic (exact) mass is 633 g/mol. The van der Waals surface area contributed by atoms with Crippen LogP contribution in [0, 0.1) is 6.92 Å². The van der Waals surface area contributed by atoms with Crippen molar-refractivity contribution in [1.82, 2.24) is 10.2 Å². The highest BCUT2D eigenvalue weighted by molar-refractivity contribution is 7.92. The topological polar surface area (TPSA) is 96.0 Å². The zero-order valence-electron chi connectivity index (χ0n) is 24.6. The van der Waals surface area contributed by atoms with Crippen LogP contribution in [0.2, 0.25) is 10.0 Å². The average Bonchev–Trinajstić information content (AvgIpc) is 2.91. The molecule has 1 N–H and O–H groups in total. The van der Waals surface area contributed by atoms with E-state index in [2.05, 4.69) is 5.32 Å². The van der Waals surface area contributed by atoms with Crippen molar-refractivity contribution in [3.63, 3.8) is 0 Å². The first kappa shape index (κ1) is 33.2. The van der Waals surface area contributed by atoms with Gasteiger partial charge in [-0.3, -0.25) is 13.9 Å². The van der Waals surface area contributed by atoms with Crippen LogP contribution in [0.3, 0.4) is 0 Å². The van der Waals surface area contributed by atoms with Crippen molar-refractivity contribution in [3.8, 4) is 5.75 Å². The van der Waals surface area contributed by atoms with Crippen molar-refractivity contribution in [2.24, 2.45) is 0 Å². The molecule has 11 heteroatoms. The molecule has 0 spiro atoms. The quantitative estimate of drug-likeness (QED) is 0.270. The minimum atomic E-state index is -4.18. The molecule has 0 radical (unpaired) electrons. The first-order valence-electron chi connectivity index (χ1n) is 13.5. The zero-order valence-corrected chi connectivity index (χ0v) is 27.0. The number of carbonyl (C=O) groups excluding carboxylic acids is 2. The number of anilines is 1. The fraction of sp³-hybridized carbons (Fsp3) is 0.355. The van der Waals surface area contributed by atoms with Crippen LogP contribution in [0.5, 0.6) is 5.75 Å². The third kappa shape index (κ3) is 8.63. The summed E-state index contributed by atoms with van der Waals surface area (Å²) in [6.45, 7) is 10.7. The maximum atomic E-state index is 14.1. The highest BCUT2D eigenvalue weighted by atomic mass is 35.5. The maximum Gasteiger partial charge on any atom is 0.264 e. The molecule has 0 aliphatic rings. The molecular weight excluding hydrogens is 597 g/mol. The van der Waals surface area contributed by atoms with Crippen LogP contribution in [0.25, 0.3) is 0 Å². The summed E-state index contributed by atoms with van der Waals surface area (Å²) >= 11 is 12.3. The summed E-state index contributed by atoms with van der Waals surface area (Å²) in [5.74, 6) is -0.402. The van der Waals surface area contributed by atoms with E-state index < -0.39 is 34.1 Å². The lowest BCUT2D eigenvalue weighted by Crippen LogP contribution is -2.54. The fourth-order valence-electron chi connectivity index (χ4n) is 4.13. The molecule has 42 heavy (non-hydrogen) atoms. The van der Waals surface area contributed by atoms with Gasteiger partial charge in [0, 0.05) is 12.1 Å². The molecule has 226 valence electrons. The van der Waals surface area contributed by atoms with Crippen molar-refractivity contribution in [3.05, 3.63) is 87.9 Å². The fourth-order valence-corrected chi connectivity index (χ4v) is 5.87. The number of ether oxygens (including phenoxy) is 1. The third-order valence-electron chi connectivity index (χ3n) is 6.33. The molecular formula is C31H37Cl2N3O5S. The lowest BCUT2D eigenvalue weighted by atomic mass is 10.1. The summed E-state index contributed by atoms with van der Waals surface area (Å²) in [6.07, 6.45) is 0. The van der Waals surface area contributed by atoms with E-state index in [1.165, 1.54) is 17.0 Å². The van der Waals surface area contributed by atoms with Crippen LogP contribution in [-0.4, -0.2) is 49.9 Å². The number of amides is 2. The van der Waals surface area contributed by atoms with Gasteiger partial charge in [0.1, 0.15) is 18.3 Å². The Bertz CT molecular complexity index is 1510. The van der Waals surface area contributed by atoms with Gasteiger partial charge in [-0.2, -0.15) is 0 Å². The van der Waals surface area contributed by atoms with Crippen molar-refractivity contribution in [2.75, 3.05) is 17.5 Å². The molecule has 0 saturated heterocycles. The first-order valence-corrected chi connectivity index (χ1v) is 15.7. The normalized spacial score (nSPS) is 12.4. The van der Waals surface area contributed by atoms with Gasteiger partial charge < -0.3 is 15.0 Å². The molecule has 3 aromatic rings. The van der Waals surface area contributed by atoms with Gasteiger partial charge in [0.15, 0.2) is 0 Å². The van der Waals surface area contributed by atoms with Gasteiger partial charge in [-0.05, 0) is 95.6 Å². The Kier molecular flexibility index (Phi) is 10.9. The van der Waals surface area contributed by atoms with Crippen molar-refractivity contribution in [1.29, 1.82) is 0 Å². The van der Waals surface area contributed by atoms with Crippen LogP contribution in [-0.2, 0) is 26.2 Å². The van der Waals surface area contributed by atoms with E-state index in [1.54, 1.807) is 61.5 Å². The minimum Gasteiger partial charge on any atom is -0.494 e. The van der Waals surface area contributed by atoms with Crippen molar-refractivity contribution in [2.45, 2.75) is 64.6 Å². The second-order valence-corrected chi connectivity index (χ2v) is 13.6. The molecule has 3 aromatic carbocycles. The first-order chi connectivity index (χ1) is 19.6. The number of hydrogen-bond donors (Lipinski definition) is 1. The molecule has 8 nitrogen and oxygen atoms in total. The predicted octanol–water partition coefficient (Wildman–Crippen LogP) is 6.23. The molecule has 0 fully saturated rings. The van der Waals surface area contributed by atoms with Gasteiger partial charge in [0.25, 0.3) is 10.0 Å². The number of nitrogens with one attached hydrogen (secondary N) is 1. The zero-order chi connectivity index (χ0) is 31.2. The Hall–Kier alpha value is -3.27. The van der Waals surface area contributed by atoms with E-state index in [4.69, 9.17) is 27.9 Å². The number of carbonyl (C=O) groups is 2. The van der Waals surface area contributed by atoms with E-state index in [0.29, 0.717) is 28.0 Å². The van der Waals surface area contributed by atoms with Crippen LogP contribution >= 0.6 is 23.2 Å². The second kappa shape index (κ2) is 13.8. The highest BCUT2D eigenvalue weighted by Crippen LogP contribution is 2.28. The summed E-state index contributed by atoms with van der Waals surface area (Å²) in [5.41, 5.74) is 1.24. The number of benzene rings is 3. The molecule has 0 heterocycles. The summed E-state index contributed by atoms with van der Waals surface area (Å²) in [7, 11) is -4.18. The summed E-state index contributed by atoms with van der Waals surface area (Å²) in [6, 6.07) is 16.9. The van der Waals surface area contributed by atoms with Gasteiger partial charge >= 0.3 is 0 Å². The average molecular weight is 635 g/mol. The van der Waals surface area contributed by atoms with Crippen molar-refractivity contribution >= 4 is 50.7 Å². The number of hydrogen-bond acceptors (Lipinski definition) is 5. The Morgan fingerprint density at radius 2 is 1.57 bits per heavy atom. The maximum absolute atomic E-state index is 14.1. The molecule has 2 amide bonds. The van der Waals surface area contributed by atoms with E-state index >= 15 is 0 Å². The van der Waals surface area contributed by atoms with Gasteiger partial charge in [-0.25, -0.2) is 8.42 Å². The predicted molar refractivity (Wildman–Crippen MR) is 168 cm³/mol. The van der Waals surface area contributed by atoms with E-state index in [9.17, 15) is 18.0 Å². The summed E-state index contributed by atoms with van der Waals surface area (Å²) in [5, 5.41) is 3.55. The molecule has 0 aliphatic heterocycles. The standard InChI is InChI=1S/C31H37Cl2N3O5S/c1-7-41-25-13-11-24(12-14-25)36(42(39,40)26-15-8-21(2)9-16-26)20-29(37)35(22(3)30(38)34-31(4,5)6)19-23-10-17-27(32)28(33)18-23/h8-18,22H,7,19-20H2,1-6H3,(H,34,38). The van der Waals surface area contributed by atoms with Crippen molar-refractivity contribution < 1.29 is 22.7 Å². The van der Waals surface area contributed by atoms with E-state index in [0.717, 1.165) is 9.87 Å². The van der Waals surface area contributed by atoms with Crippen LogP contribution in [0.4, 0.5) is 5.69 Å². The van der Waals surface area contributed by atoms with Crippen LogP contribution in [0.1, 0.15) is 45.7 Å². The van der Waals surface area contributed by atoms with Crippen LogP contribution < -0.4 is 14.4 Å². The molecule has 0 aliphatic carbocycles. The lowest BCUT2D eigenvalue weighted by Gasteiger charge is -2.33. The van der Waals surface area contributed by atoms with Crippen LogP contribution in [0.15, 0.2) is 71.6 Å². The molecule has 1 atom stereocenters. The van der Waals surface area contributed by atoms with Gasteiger partial charge in [0.2, 0.25) is 11.8 Å². The highest BCUT2D eigenvalue weighted by Gasteiger charge is 2.33. The van der Waals surface area contributed by atoms with Gasteiger partial charge in [-0.15, -0.1) is 0 Å². The Balaban J connectivity index is 2.05. The number of aryl methyl sites for hydroxylation is 1. The van der Waals surface area contributed by atoms with E-state index in [1.807, 2.05) is 34.6 Å². The molecule has 3 rings (SSSR count). The van der Waals surface area contributed by atoms with Gasteiger partial charge in [-0.1, -0.05) is 47.0 Å². The smallest absolute Gasteiger partial charge is 0.264 e. The molecule has 0 aromatic heterocycles. The largest absolute Gasteiger partial charge is 0.494 e. The van der Waals surface area contributed by atoms with E-state index in [-0.39, 0.29) is 23.0 Å². The number of sulfonamides is 1.